The third-order valence-corrected chi connectivity index (χ3v) is 8.15. The highest BCUT2D eigenvalue weighted by Gasteiger charge is 2.30. The van der Waals surface area contributed by atoms with Gasteiger partial charge >= 0.3 is 18.3 Å². The summed E-state index contributed by atoms with van der Waals surface area (Å²) in [6.07, 6.45) is 4.71. The smallest absolute Gasteiger partial charge is 0.410 e. The lowest BCUT2D eigenvalue weighted by Gasteiger charge is -2.34. The van der Waals surface area contributed by atoms with Gasteiger partial charge in [0.2, 0.25) is 0 Å². The lowest BCUT2D eigenvalue weighted by atomic mass is 9.94. The second kappa shape index (κ2) is 20.4. The van der Waals surface area contributed by atoms with Gasteiger partial charge < -0.3 is 44.5 Å². The number of amides is 3. The topological polar surface area (TPSA) is 142 Å². The highest BCUT2D eigenvalue weighted by Crippen LogP contribution is 2.23. The van der Waals surface area contributed by atoms with E-state index < -0.39 is 23.4 Å². The molecular weight excluding hydrogens is 616 g/mol. The molecule has 2 saturated heterocycles. The molecule has 274 valence electrons. The fourth-order valence-electron chi connectivity index (χ4n) is 5.49. The monoisotopic (exact) mass is 678 g/mol. The van der Waals surface area contributed by atoms with Crippen LogP contribution < -0.4 is 11.1 Å². The molecule has 3 N–H and O–H groups in total. The van der Waals surface area contributed by atoms with Gasteiger partial charge in [-0.15, -0.1) is 0 Å². The Bertz CT molecular complexity index is 1080. The zero-order valence-electron chi connectivity index (χ0n) is 30.6. The summed E-state index contributed by atoms with van der Waals surface area (Å²) in [5, 5.41) is 2.79. The molecule has 2 aliphatic rings. The molecule has 12 heteroatoms. The number of carbonyl (C=O) groups is 3. The Morgan fingerprint density at radius 1 is 0.833 bits per heavy atom. The average Bonchev–Trinajstić information content (AvgIpc) is 3.04. The van der Waals surface area contributed by atoms with Crippen LogP contribution in [0.25, 0.3) is 0 Å². The normalized spacial score (nSPS) is 19.4. The summed E-state index contributed by atoms with van der Waals surface area (Å²) >= 11 is 0. The lowest BCUT2D eigenvalue weighted by Crippen LogP contribution is -2.48. The Balaban J connectivity index is 0.000000365. The van der Waals surface area contributed by atoms with Gasteiger partial charge in [-0.1, -0.05) is 30.3 Å². The molecule has 48 heavy (non-hydrogen) atoms. The molecule has 0 spiro atoms. The number of rotatable bonds is 11. The van der Waals surface area contributed by atoms with E-state index in [1.54, 1.807) is 23.9 Å². The maximum Gasteiger partial charge on any atom is 0.410 e. The van der Waals surface area contributed by atoms with Gasteiger partial charge in [0.05, 0.1) is 6.04 Å². The van der Waals surface area contributed by atoms with Gasteiger partial charge in [0.25, 0.3) is 0 Å². The number of nitrogens with one attached hydrogen (secondary N) is 1. The average molecular weight is 679 g/mol. The number of benzene rings is 1. The van der Waals surface area contributed by atoms with E-state index in [1.807, 2.05) is 71.9 Å². The summed E-state index contributed by atoms with van der Waals surface area (Å²) in [7, 11) is 3.47. The molecule has 2 heterocycles. The molecule has 2 fully saturated rings. The van der Waals surface area contributed by atoms with E-state index in [4.69, 9.17) is 29.4 Å². The van der Waals surface area contributed by atoms with Crippen molar-refractivity contribution in [2.24, 2.45) is 17.6 Å². The number of carbonyl (C=O) groups excluding carboxylic acids is 3. The molecule has 3 amide bonds. The molecule has 0 saturated carbocycles. The Morgan fingerprint density at radius 2 is 1.31 bits per heavy atom. The molecule has 0 aliphatic carbocycles. The van der Waals surface area contributed by atoms with Crippen molar-refractivity contribution in [3.05, 3.63) is 35.9 Å². The SMILES string of the molecule is CN(C(=O)OC(C)(C)C)[C@@H](CN)C[C@@H]1CCCOC1.CN(C(=O)OC(C)(C)C)[C@@H](CNC(=O)OCc1ccccc1)C[C@@H]1CCCOC1. The Morgan fingerprint density at radius 3 is 1.75 bits per heavy atom. The molecular formula is C36H62N4O8. The third kappa shape index (κ3) is 16.8. The van der Waals surface area contributed by atoms with E-state index in [1.165, 1.54) is 0 Å². The largest absolute Gasteiger partial charge is 0.445 e. The van der Waals surface area contributed by atoms with Crippen LogP contribution >= 0.6 is 0 Å². The van der Waals surface area contributed by atoms with E-state index in [0.29, 0.717) is 31.5 Å². The number of likely N-dealkylation sites (N-methyl/N-ethyl adjacent to an activating group) is 2. The summed E-state index contributed by atoms with van der Waals surface area (Å²) in [6.45, 7) is 15.1. The molecule has 12 nitrogen and oxygen atoms in total. The van der Waals surface area contributed by atoms with Gasteiger partial charge in [0.1, 0.15) is 17.8 Å². The first-order valence-corrected chi connectivity index (χ1v) is 17.3. The van der Waals surface area contributed by atoms with Gasteiger partial charge in [0, 0.05) is 59.7 Å². The predicted octanol–water partition coefficient (Wildman–Crippen LogP) is 5.96. The van der Waals surface area contributed by atoms with Crippen LogP contribution in [0.1, 0.15) is 85.6 Å². The fourth-order valence-corrected chi connectivity index (χ4v) is 5.49. The van der Waals surface area contributed by atoms with Crippen molar-refractivity contribution in [2.45, 2.75) is 110 Å². The van der Waals surface area contributed by atoms with Crippen LogP contribution in [0.15, 0.2) is 30.3 Å². The van der Waals surface area contributed by atoms with Gasteiger partial charge in [-0.05, 0) is 97.5 Å². The summed E-state index contributed by atoms with van der Waals surface area (Å²) < 4.78 is 27.2. The van der Waals surface area contributed by atoms with E-state index in [9.17, 15) is 14.4 Å². The molecule has 2 aliphatic heterocycles. The van der Waals surface area contributed by atoms with Crippen molar-refractivity contribution in [3.8, 4) is 0 Å². The van der Waals surface area contributed by atoms with Crippen LogP contribution in [0, 0.1) is 11.8 Å². The summed E-state index contributed by atoms with van der Waals surface area (Å²) in [5.74, 6) is 0.841. The lowest BCUT2D eigenvalue weighted by molar-refractivity contribution is 0.0108. The number of hydrogen-bond acceptors (Lipinski definition) is 9. The number of ether oxygens (including phenoxy) is 5. The standard InChI is InChI=1S/C22H34N2O5.C14H28N2O3/c1-22(2,3)29-21(26)24(4)19(13-18-11-8-12-27-15-18)14-23-20(25)28-16-17-9-6-5-7-10-17;1-14(2,3)19-13(17)16(4)12(9-15)8-11-6-5-7-18-10-11/h5-7,9-10,18-19H,8,11-16H2,1-4H3,(H,23,25);11-12H,5-10,15H2,1-4H3/t18-,19+;11-,12+/m00/s1. The zero-order valence-corrected chi connectivity index (χ0v) is 30.6. The molecule has 1 aromatic carbocycles. The third-order valence-electron chi connectivity index (χ3n) is 8.15. The van der Waals surface area contributed by atoms with Crippen molar-refractivity contribution in [3.63, 3.8) is 0 Å². The molecule has 0 unspecified atom stereocenters. The van der Waals surface area contributed by atoms with Crippen LogP contribution in [0.5, 0.6) is 0 Å². The molecule has 0 bridgehead atoms. The summed E-state index contributed by atoms with van der Waals surface area (Å²) in [4.78, 5) is 39.9. The Kier molecular flexibility index (Phi) is 17.5. The molecule has 4 atom stereocenters. The van der Waals surface area contributed by atoms with Crippen molar-refractivity contribution in [1.82, 2.24) is 15.1 Å². The highest BCUT2D eigenvalue weighted by atomic mass is 16.6. The van der Waals surface area contributed by atoms with Crippen molar-refractivity contribution in [1.29, 1.82) is 0 Å². The predicted molar refractivity (Wildman–Crippen MR) is 186 cm³/mol. The molecule has 0 aromatic heterocycles. The van der Waals surface area contributed by atoms with Crippen molar-refractivity contribution < 1.29 is 38.1 Å². The molecule has 3 rings (SSSR count). The van der Waals surface area contributed by atoms with E-state index in [0.717, 1.165) is 63.9 Å². The minimum Gasteiger partial charge on any atom is -0.445 e. The number of alkyl carbamates (subject to hydrolysis) is 1. The van der Waals surface area contributed by atoms with Gasteiger partial charge in [-0.25, -0.2) is 14.4 Å². The van der Waals surface area contributed by atoms with E-state index >= 15 is 0 Å². The minimum absolute atomic E-state index is 0.0153. The van der Waals surface area contributed by atoms with Crippen molar-refractivity contribution >= 4 is 18.3 Å². The van der Waals surface area contributed by atoms with Crippen LogP contribution in [0.3, 0.4) is 0 Å². The van der Waals surface area contributed by atoms with Crippen molar-refractivity contribution in [2.75, 3.05) is 53.6 Å². The van der Waals surface area contributed by atoms with E-state index in [-0.39, 0.29) is 24.8 Å². The van der Waals surface area contributed by atoms with Gasteiger partial charge in [-0.3, -0.25) is 0 Å². The van der Waals surface area contributed by atoms with Crippen LogP contribution in [-0.4, -0.2) is 105 Å². The van der Waals surface area contributed by atoms with Gasteiger partial charge in [-0.2, -0.15) is 0 Å². The number of hydrogen-bond donors (Lipinski definition) is 2. The molecule has 1 aromatic rings. The van der Waals surface area contributed by atoms with E-state index in [2.05, 4.69) is 5.32 Å². The van der Waals surface area contributed by atoms with Crippen LogP contribution in [0.4, 0.5) is 14.4 Å². The number of nitrogens with zero attached hydrogens (tertiary/aromatic N) is 2. The first kappa shape index (κ1) is 41.1. The maximum absolute atomic E-state index is 12.5. The minimum atomic E-state index is -0.577. The molecule has 0 radical (unpaired) electrons. The first-order valence-electron chi connectivity index (χ1n) is 17.3. The second-order valence-electron chi connectivity index (χ2n) is 14.8. The van der Waals surface area contributed by atoms with Crippen LogP contribution in [0.2, 0.25) is 0 Å². The summed E-state index contributed by atoms with van der Waals surface area (Å²) in [6, 6.07) is 9.31. The summed E-state index contributed by atoms with van der Waals surface area (Å²) in [5.41, 5.74) is 5.67. The second-order valence-corrected chi connectivity index (χ2v) is 14.8. The zero-order chi connectivity index (χ0) is 35.7. The Hall–Kier alpha value is -3.09. The van der Waals surface area contributed by atoms with Crippen LogP contribution in [-0.2, 0) is 30.3 Å². The van der Waals surface area contributed by atoms with Gasteiger partial charge in [0.15, 0.2) is 0 Å². The quantitative estimate of drug-likeness (QED) is 0.271. The maximum atomic E-state index is 12.5. The fraction of sp³-hybridized carbons (Fsp3) is 0.750. The number of nitrogens with two attached hydrogens (primary N) is 1. The first-order chi connectivity index (χ1) is 22.6. The highest BCUT2D eigenvalue weighted by molar-refractivity contribution is 5.69. The Labute approximate surface area is 288 Å².